The third kappa shape index (κ3) is 1.82. The summed E-state index contributed by atoms with van der Waals surface area (Å²) < 4.78 is 1.90. The fourth-order valence-electron chi connectivity index (χ4n) is 2.25. The number of hydrogen-bond donors (Lipinski definition) is 1. The highest BCUT2D eigenvalue weighted by Gasteiger charge is 2.36. The molecular formula is C11H18N4O. The van der Waals surface area contributed by atoms with Crippen LogP contribution in [0.3, 0.4) is 0 Å². The summed E-state index contributed by atoms with van der Waals surface area (Å²) in [5.74, 6) is 0.112. The predicted octanol–water partition coefficient (Wildman–Crippen LogP) is 0.524. The second-order valence-electron chi connectivity index (χ2n) is 4.35. The number of nitrogens with two attached hydrogens (primary N) is 1. The van der Waals surface area contributed by atoms with Crippen molar-refractivity contribution in [3.05, 3.63) is 18.0 Å². The highest BCUT2D eigenvalue weighted by molar-refractivity contribution is 5.80. The van der Waals surface area contributed by atoms with Gasteiger partial charge in [0, 0.05) is 37.8 Å². The van der Waals surface area contributed by atoms with E-state index in [0.717, 1.165) is 18.5 Å². The van der Waals surface area contributed by atoms with Gasteiger partial charge in [-0.25, -0.2) is 0 Å². The summed E-state index contributed by atoms with van der Waals surface area (Å²) in [6.07, 6.45) is 5.28. The van der Waals surface area contributed by atoms with E-state index in [1.54, 1.807) is 11.9 Å². The van der Waals surface area contributed by atoms with E-state index >= 15 is 0 Å². The Bertz CT molecular complexity index is 387. The predicted molar refractivity (Wildman–Crippen MR) is 60.6 cm³/mol. The maximum Gasteiger partial charge on any atom is 0.224 e. The second-order valence-corrected chi connectivity index (χ2v) is 4.35. The molecule has 2 N–H and O–H groups in total. The molecule has 1 saturated heterocycles. The lowest BCUT2D eigenvalue weighted by Crippen LogP contribution is -2.29. The molecule has 1 aromatic rings. The molecule has 0 radical (unpaired) electrons. The first-order chi connectivity index (χ1) is 7.63. The van der Waals surface area contributed by atoms with Crippen LogP contribution in [0.1, 0.15) is 31.4 Å². The summed E-state index contributed by atoms with van der Waals surface area (Å²) in [6, 6.07) is -0.130. The zero-order valence-electron chi connectivity index (χ0n) is 9.76. The standard InChI is InChI=1S/C11H18N4O/c1-3-4-15-7-8(6-13-15)11-9(12)5-10(16)14(11)2/h6-7,9,11H,3-5,12H2,1-2H3. The van der Waals surface area contributed by atoms with E-state index < -0.39 is 0 Å². The van der Waals surface area contributed by atoms with Crippen molar-refractivity contribution in [2.75, 3.05) is 7.05 Å². The van der Waals surface area contributed by atoms with Crippen LogP contribution in [0.4, 0.5) is 0 Å². The molecule has 1 aliphatic heterocycles. The first kappa shape index (κ1) is 11.1. The van der Waals surface area contributed by atoms with Crippen LogP contribution in [0.15, 0.2) is 12.4 Å². The minimum Gasteiger partial charge on any atom is -0.337 e. The van der Waals surface area contributed by atoms with E-state index in [1.807, 2.05) is 17.1 Å². The summed E-state index contributed by atoms with van der Waals surface area (Å²) in [7, 11) is 1.80. The first-order valence-electron chi connectivity index (χ1n) is 5.67. The van der Waals surface area contributed by atoms with Gasteiger partial charge in [0.25, 0.3) is 0 Å². The lowest BCUT2D eigenvalue weighted by Gasteiger charge is -2.21. The van der Waals surface area contributed by atoms with E-state index in [0.29, 0.717) is 6.42 Å². The average Bonchev–Trinajstić information content (AvgIpc) is 2.75. The van der Waals surface area contributed by atoms with Gasteiger partial charge in [-0.15, -0.1) is 0 Å². The van der Waals surface area contributed by atoms with Crippen molar-refractivity contribution >= 4 is 5.91 Å². The van der Waals surface area contributed by atoms with Crippen LogP contribution in [-0.2, 0) is 11.3 Å². The van der Waals surface area contributed by atoms with Gasteiger partial charge in [-0.3, -0.25) is 9.48 Å². The van der Waals surface area contributed by atoms with E-state index in [1.165, 1.54) is 0 Å². The molecule has 0 spiro atoms. The van der Waals surface area contributed by atoms with Gasteiger partial charge in [0.2, 0.25) is 5.91 Å². The van der Waals surface area contributed by atoms with Gasteiger partial charge in [0.15, 0.2) is 0 Å². The van der Waals surface area contributed by atoms with Crippen LogP contribution in [-0.4, -0.2) is 33.7 Å². The van der Waals surface area contributed by atoms with Crippen molar-refractivity contribution in [2.45, 2.75) is 38.4 Å². The molecule has 5 heteroatoms. The molecule has 0 saturated carbocycles. The van der Waals surface area contributed by atoms with E-state index in [9.17, 15) is 4.79 Å². The van der Waals surface area contributed by atoms with Crippen LogP contribution in [0.5, 0.6) is 0 Å². The third-order valence-corrected chi connectivity index (χ3v) is 3.07. The van der Waals surface area contributed by atoms with Gasteiger partial charge >= 0.3 is 0 Å². The Hall–Kier alpha value is -1.36. The quantitative estimate of drug-likeness (QED) is 0.811. The maximum atomic E-state index is 11.5. The molecule has 2 atom stereocenters. The van der Waals surface area contributed by atoms with Gasteiger partial charge < -0.3 is 10.6 Å². The van der Waals surface area contributed by atoms with Crippen LogP contribution in [0, 0.1) is 0 Å². The minimum atomic E-state index is -0.114. The zero-order chi connectivity index (χ0) is 11.7. The second kappa shape index (κ2) is 4.25. The maximum absolute atomic E-state index is 11.5. The molecule has 0 aromatic carbocycles. The summed E-state index contributed by atoms with van der Waals surface area (Å²) in [5.41, 5.74) is 7.01. The Morgan fingerprint density at radius 3 is 2.94 bits per heavy atom. The lowest BCUT2D eigenvalue weighted by atomic mass is 10.1. The Labute approximate surface area is 95.2 Å². The van der Waals surface area contributed by atoms with E-state index in [-0.39, 0.29) is 18.0 Å². The monoisotopic (exact) mass is 222 g/mol. The summed E-state index contributed by atoms with van der Waals surface area (Å²) in [5, 5.41) is 4.27. The molecule has 2 unspecified atom stereocenters. The van der Waals surface area contributed by atoms with Gasteiger partial charge in [-0.1, -0.05) is 6.92 Å². The molecule has 5 nitrogen and oxygen atoms in total. The first-order valence-corrected chi connectivity index (χ1v) is 5.67. The summed E-state index contributed by atoms with van der Waals surface area (Å²) >= 11 is 0. The van der Waals surface area contributed by atoms with Crippen molar-refractivity contribution in [3.63, 3.8) is 0 Å². The highest BCUT2D eigenvalue weighted by atomic mass is 16.2. The van der Waals surface area contributed by atoms with Crippen molar-refractivity contribution in [1.29, 1.82) is 0 Å². The Balaban J connectivity index is 2.19. The van der Waals surface area contributed by atoms with Gasteiger partial charge in [0.1, 0.15) is 0 Å². The lowest BCUT2D eigenvalue weighted by molar-refractivity contribution is -0.127. The molecule has 1 amide bonds. The molecular weight excluding hydrogens is 204 g/mol. The number of nitrogens with zero attached hydrogens (tertiary/aromatic N) is 3. The summed E-state index contributed by atoms with van der Waals surface area (Å²) in [4.78, 5) is 13.2. The zero-order valence-corrected chi connectivity index (χ0v) is 9.76. The van der Waals surface area contributed by atoms with E-state index in [4.69, 9.17) is 5.73 Å². The minimum absolute atomic E-state index is 0.0156. The fourth-order valence-corrected chi connectivity index (χ4v) is 2.25. The fraction of sp³-hybridized carbons (Fsp3) is 0.636. The van der Waals surface area contributed by atoms with Crippen LogP contribution in [0.2, 0.25) is 0 Å². The number of carbonyl (C=O) groups excluding carboxylic acids is 1. The smallest absolute Gasteiger partial charge is 0.224 e. The topological polar surface area (TPSA) is 64.2 Å². The van der Waals surface area contributed by atoms with Crippen LogP contribution in [0.25, 0.3) is 0 Å². The summed E-state index contributed by atoms with van der Waals surface area (Å²) in [6.45, 7) is 3.01. The van der Waals surface area contributed by atoms with Crippen molar-refractivity contribution in [1.82, 2.24) is 14.7 Å². The normalized spacial score (nSPS) is 25.4. The Morgan fingerprint density at radius 1 is 1.62 bits per heavy atom. The molecule has 2 rings (SSSR count). The van der Waals surface area contributed by atoms with Gasteiger partial charge in [-0.05, 0) is 6.42 Å². The van der Waals surface area contributed by atoms with Crippen molar-refractivity contribution < 1.29 is 4.79 Å². The largest absolute Gasteiger partial charge is 0.337 e. The molecule has 1 fully saturated rings. The number of hydrogen-bond acceptors (Lipinski definition) is 3. The molecule has 0 aliphatic carbocycles. The molecule has 16 heavy (non-hydrogen) atoms. The number of aromatic nitrogens is 2. The van der Waals surface area contributed by atoms with Crippen molar-refractivity contribution in [3.8, 4) is 0 Å². The molecule has 1 aliphatic rings. The molecule has 2 heterocycles. The number of likely N-dealkylation sites (N-methyl/N-ethyl adjacent to an activating group) is 1. The van der Waals surface area contributed by atoms with Gasteiger partial charge in [-0.2, -0.15) is 5.10 Å². The molecule has 1 aromatic heterocycles. The Kier molecular flexibility index (Phi) is 2.96. The van der Waals surface area contributed by atoms with E-state index in [2.05, 4.69) is 12.0 Å². The molecule has 88 valence electrons. The van der Waals surface area contributed by atoms with Crippen LogP contribution < -0.4 is 5.73 Å². The van der Waals surface area contributed by atoms with Crippen LogP contribution >= 0.6 is 0 Å². The van der Waals surface area contributed by atoms with Gasteiger partial charge in [0.05, 0.1) is 12.2 Å². The molecule has 0 bridgehead atoms. The number of likely N-dealkylation sites (tertiary alicyclic amines) is 1. The Morgan fingerprint density at radius 2 is 2.38 bits per heavy atom. The number of rotatable bonds is 3. The number of aryl methyl sites for hydroxylation is 1. The van der Waals surface area contributed by atoms with Crippen molar-refractivity contribution in [2.24, 2.45) is 5.73 Å². The average molecular weight is 222 g/mol. The number of amides is 1. The third-order valence-electron chi connectivity index (χ3n) is 3.07. The SMILES string of the molecule is CCCn1cc(C2C(N)CC(=O)N2C)cn1. The highest BCUT2D eigenvalue weighted by Crippen LogP contribution is 2.30. The number of carbonyl (C=O) groups is 1.